The first-order chi connectivity index (χ1) is 21.1. The Morgan fingerprint density at radius 2 is 1.64 bits per heavy atom. The molecule has 5 atom stereocenters. The molecule has 4 aromatic rings. The highest BCUT2D eigenvalue weighted by Crippen LogP contribution is 2.32. The Morgan fingerprint density at radius 3 is 2.32 bits per heavy atom. The largest absolute Gasteiger partial charge is 0.497 e. The van der Waals surface area contributed by atoms with E-state index in [9.17, 15) is 29.7 Å². The third-order valence-electron chi connectivity index (χ3n) is 7.43. The van der Waals surface area contributed by atoms with Gasteiger partial charge in [0, 0.05) is 21.7 Å². The summed E-state index contributed by atoms with van der Waals surface area (Å²) in [7, 11) is 1.49. The van der Waals surface area contributed by atoms with Crippen molar-refractivity contribution in [2.45, 2.75) is 50.7 Å². The first-order valence-electron chi connectivity index (χ1n) is 13.7. The lowest BCUT2D eigenvalue weighted by molar-refractivity contribution is -0.287. The second kappa shape index (κ2) is 13.2. The second-order valence-electron chi connectivity index (χ2n) is 10.3. The van der Waals surface area contributed by atoms with Gasteiger partial charge in [0.15, 0.2) is 6.10 Å². The minimum absolute atomic E-state index is 0.128. The van der Waals surface area contributed by atoms with Crippen molar-refractivity contribution < 1.29 is 48.7 Å². The predicted octanol–water partition coefficient (Wildman–Crippen LogP) is 2.94. The van der Waals surface area contributed by atoms with Crippen LogP contribution in [0.1, 0.15) is 27.2 Å². The third-order valence-corrected chi connectivity index (χ3v) is 7.68. The number of aliphatic hydroxyl groups excluding tert-OH is 3. The normalized spacial score (nSPS) is 21.5. The van der Waals surface area contributed by atoms with Gasteiger partial charge in [-0.15, -0.1) is 0 Å². The van der Waals surface area contributed by atoms with Gasteiger partial charge in [-0.25, -0.2) is 4.79 Å². The molecule has 5 rings (SSSR count). The van der Waals surface area contributed by atoms with E-state index in [1.165, 1.54) is 11.7 Å². The Kier molecular flexibility index (Phi) is 9.33. The maximum Gasteiger partial charge on any atom is 0.338 e. The summed E-state index contributed by atoms with van der Waals surface area (Å²) in [5.74, 6) is -1.77. The number of hydrogen-bond acceptors (Lipinski definition) is 10. The van der Waals surface area contributed by atoms with Crippen LogP contribution in [-0.2, 0) is 36.8 Å². The van der Waals surface area contributed by atoms with Crippen molar-refractivity contribution in [2.24, 2.45) is 0 Å². The summed E-state index contributed by atoms with van der Waals surface area (Å²) in [6.45, 7) is 1.55. The highest BCUT2D eigenvalue weighted by Gasteiger charge is 2.49. The summed E-state index contributed by atoms with van der Waals surface area (Å²) in [5.41, 5.74) is 2.45. The maximum absolute atomic E-state index is 13.5. The molecule has 0 spiro atoms. The van der Waals surface area contributed by atoms with E-state index < -0.39 is 42.6 Å². The lowest BCUT2D eigenvalue weighted by atomic mass is 9.99. The van der Waals surface area contributed by atoms with E-state index in [-0.39, 0.29) is 18.9 Å². The zero-order valence-electron chi connectivity index (χ0n) is 23.8. The average molecular weight is 624 g/mol. The standard InChI is InChI=1S/C32H30ClNO10/c1-17-22(23-14-21(41-2)12-13-24(23)34(17)30(39)19-8-10-20(33)11-9-19)15-25(35)43-32-28(38)26(36)27(37)29(44-32)31(40)42-16-18-6-4-3-5-7-18/h3-14,26-29,32,36-38H,15-16H2,1-2H3/t26-,27-,28+,29-,32+/m1/s1. The van der Waals surface area contributed by atoms with E-state index in [1.807, 2.05) is 0 Å². The van der Waals surface area contributed by atoms with Gasteiger partial charge < -0.3 is 34.3 Å². The number of carbonyl (C=O) groups is 3. The molecule has 0 aliphatic carbocycles. The Balaban J connectivity index is 1.37. The number of halogens is 1. The number of aliphatic hydroxyl groups is 3. The first kappa shape index (κ1) is 31.2. The van der Waals surface area contributed by atoms with Crippen LogP contribution in [0, 0.1) is 6.92 Å². The number of hydrogen-bond donors (Lipinski definition) is 3. The molecule has 11 nitrogen and oxygen atoms in total. The molecule has 230 valence electrons. The number of benzene rings is 3. The minimum Gasteiger partial charge on any atom is -0.497 e. The van der Waals surface area contributed by atoms with Gasteiger partial charge in [0.05, 0.1) is 19.0 Å². The molecule has 3 aromatic carbocycles. The van der Waals surface area contributed by atoms with Crippen LogP contribution in [0.4, 0.5) is 0 Å². The number of rotatable bonds is 8. The monoisotopic (exact) mass is 623 g/mol. The van der Waals surface area contributed by atoms with Gasteiger partial charge in [-0.2, -0.15) is 0 Å². The fourth-order valence-electron chi connectivity index (χ4n) is 5.06. The number of ether oxygens (including phenoxy) is 4. The van der Waals surface area contributed by atoms with E-state index in [2.05, 4.69) is 0 Å². The van der Waals surface area contributed by atoms with Crippen molar-refractivity contribution in [2.75, 3.05) is 7.11 Å². The van der Waals surface area contributed by atoms with Gasteiger partial charge >= 0.3 is 11.9 Å². The molecular weight excluding hydrogens is 594 g/mol. The summed E-state index contributed by atoms with van der Waals surface area (Å²) < 4.78 is 22.8. The number of methoxy groups -OCH3 is 1. The minimum atomic E-state index is -1.87. The molecule has 1 aromatic heterocycles. The van der Waals surface area contributed by atoms with Crippen molar-refractivity contribution >= 4 is 40.3 Å². The highest BCUT2D eigenvalue weighted by molar-refractivity contribution is 6.30. The summed E-state index contributed by atoms with van der Waals surface area (Å²) >= 11 is 5.99. The number of esters is 2. The lowest BCUT2D eigenvalue weighted by Crippen LogP contribution is -2.61. The number of carbonyl (C=O) groups excluding carboxylic acids is 3. The molecule has 0 radical (unpaired) electrons. The van der Waals surface area contributed by atoms with Gasteiger partial charge in [0.25, 0.3) is 5.91 Å². The Labute approximate surface area is 257 Å². The van der Waals surface area contributed by atoms with Crippen molar-refractivity contribution in [1.82, 2.24) is 4.57 Å². The molecule has 0 bridgehead atoms. The number of nitrogens with zero attached hydrogens (tertiary/aromatic N) is 1. The van der Waals surface area contributed by atoms with Gasteiger partial charge in [0.2, 0.25) is 6.29 Å². The molecule has 1 fully saturated rings. The first-order valence-corrected chi connectivity index (χ1v) is 14.0. The van der Waals surface area contributed by atoms with Gasteiger partial charge in [-0.3, -0.25) is 14.2 Å². The topological polar surface area (TPSA) is 154 Å². The Hall–Kier alpha value is -4.26. The Morgan fingerprint density at radius 1 is 0.932 bits per heavy atom. The van der Waals surface area contributed by atoms with Crippen LogP contribution in [0.5, 0.6) is 5.75 Å². The maximum atomic E-state index is 13.5. The van der Waals surface area contributed by atoms with Crippen LogP contribution in [0.25, 0.3) is 10.9 Å². The average Bonchev–Trinajstić information content (AvgIpc) is 3.30. The van der Waals surface area contributed by atoms with E-state index in [0.29, 0.717) is 44.1 Å². The third kappa shape index (κ3) is 6.33. The van der Waals surface area contributed by atoms with Crippen molar-refractivity contribution in [3.05, 3.63) is 100 Å². The predicted molar refractivity (Wildman–Crippen MR) is 157 cm³/mol. The van der Waals surface area contributed by atoms with Crippen LogP contribution in [0.2, 0.25) is 5.02 Å². The van der Waals surface area contributed by atoms with Gasteiger partial charge in [0.1, 0.15) is 30.7 Å². The van der Waals surface area contributed by atoms with E-state index in [4.69, 9.17) is 30.5 Å². The molecule has 0 saturated carbocycles. The van der Waals surface area contributed by atoms with E-state index in [1.54, 1.807) is 79.7 Å². The summed E-state index contributed by atoms with van der Waals surface area (Å²) in [6.07, 6.45) is -9.48. The van der Waals surface area contributed by atoms with E-state index >= 15 is 0 Å². The molecule has 12 heteroatoms. The summed E-state index contributed by atoms with van der Waals surface area (Å²) in [4.78, 5) is 39.5. The van der Waals surface area contributed by atoms with Crippen LogP contribution < -0.4 is 4.74 Å². The number of fused-ring (bicyclic) bond motifs is 1. The Bertz CT molecular complexity index is 1670. The number of aromatic nitrogens is 1. The van der Waals surface area contributed by atoms with Crippen molar-refractivity contribution in [1.29, 1.82) is 0 Å². The molecule has 0 amide bonds. The smallest absolute Gasteiger partial charge is 0.338 e. The molecule has 1 saturated heterocycles. The van der Waals surface area contributed by atoms with Crippen LogP contribution >= 0.6 is 11.6 Å². The zero-order valence-corrected chi connectivity index (χ0v) is 24.5. The summed E-state index contributed by atoms with van der Waals surface area (Å²) in [6, 6.07) is 20.2. The highest BCUT2D eigenvalue weighted by atomic mass is 35.5. The van der Waals surface area contributed by atoms with Crippen molar-refractivity contribution in [3.8, 4) is 5.75 Å². The van der Waals surface area contributed by atoms with Gasteiger partial charge in [-0.1, -0.05) is 41.9 Å². The molecule has 44 heavy (non-hydrogen) atoms. The molecule has 1 aliphatic rings. The fraction of sp³-hybridized carbons (Fsp3) is 0.281. The molecule has 0 unspecified atom stereocenters. The molecular formula is C32H30ClNO10. The van der Waals surface area contributed by atoms with Gasteiger partial charge in [-0.05, 0) is 60.5 Å². The van der Waals surface area contributed by atoms with Crippen LogP contribution in [0.3, 0.4) is 0 Å². The lowest BCUT2D eigenvalue weighted by Gasteiger charge is -2.38. The van der Waals surface area contributed by atoms with Crippen LogP contribution in [-0.4, -0.2) is 75.5 Å². The van der Waals surface area contributed by atoms with Crippen LogP contribution in [0.15, 0.2) is 72.8 Å². The summed E-state index contributed by atoms with van der Waals surface area (Å²) in [5, 5.41) is 32.3. The molecule has 2 heterocycles. The SMILES string of the molecule is COc1ccc2c(c1)c(CC(=O)O[C@H]1O[C@@H](C(=O)OCc3ccccc3)[C@H](O)[C@@H](O)[C@@H]1O)c(C)n2C(=O)c1ccc(Cl)cc1. The zero-order chi connectivity index (χ0) is 31.5. The molecule has 3 N–H and O–H groups in total. The quantitative estimate of drug-likeness (QED) is 0.250. The van der Waals surface area contributed by atoms with Crippen molar-refractivity contribution in [3.63, 3.8) is 0 Å². The second-order valence-corrected chi connectivity index (χ2v) is 10.7. The van der Waals surface area contributed by atoms with E-state index in [0.717, 1.165) is 0 Å². The fourth-order valence-corrected chi connectivity index (χ4v) is 5.19. The molecule has 1 aliphatic heterocycles.